The second kappa shape index (κ2) is 7.20. The summed E-state index contributed by atoms with van der Waals surface area (Å²) in [5.41, 5.74) is 2.22. The lowest BCUT2D eigenvalue weighted by Crippen LogP contribution is -2.78. The zero-order chi connectivity index (χ0) is 24.1. The molecule has 35 heavy (non-hydrogen) atoms. The molecule has 3 heterocycles. The van der Waals surface area contributed by atoms with Crippen molar-refractivity contribution in [3.8, 4) is 11.5 Å². The first-order chi connectivity index (χ1) is 16.8. The number of ether oxygens (including phenoxy) is 1. The molecular weight excluding hydrogens is 442 g/mol. The van der Waals surface area contributed by atoms with Gasteiger partial charge in [0, 0.05) is 42.7 Å². The minimum atomic E-state index is -0.954. The van der Waals surface area contributed by atoms with E-state index in [9.17, 15) is 15.0 Å². The van der Waals surface area contributed by atoms with Crippen molar-refractivity contribution in [1.29, 1.82) is 0 Å². The molecule has 2 aliphatic heterocycles. The molecule has 3 fully saturated rings. The van der Waals surface area contributed by atoms with Crippen molar-refractivity contribution in [2.75, 3.05) is 18.0 Å². The van der Waals surface area contributed by atoms with E-state index in [-0.39, 0.29) is 23.7 Å². The molecule has 0 radical (unpaired) electrons. The monoisotopic (exact) mass is 475 g/mol. The molecule has 5 aliphatic rings. The number of piperidine rings is 1. The molecule has 0 unspecified atom stereocenters. The van der Waals surface area contributed by atoms with Gasteiger partial charge in [0.1, 0.15) is 6.10 Å². The Morgan fingerprint density at radius 3 is 2.83 bits per heavy atom. The predicted molar refractivity (Wildman–Crippen MR) is 131 cm³/mol. The van der Waals surface area contributed by atoms with E-state index in [4.69, 9.17) is 4.74 Å². The Bertz CT molecular complexity index is 1230. The van der Waals surface area contributed by atoms with Gasteiger partial charge in [0.2, 0.25) is 5.91 Å². The summed E-state index contributed by atoms with van der Waals surface area (Å²) in [6.45, 7) is 5.47. The number of aromatic nitrogens is 1. The average molecular weight is 476 g/mol. The average Bonchev–Trinajstić information content (AvgIpc) is 3.56. The summed E-state index contributed by atoms with van der Waals surface area (Å²) in [5.74, 6) is 1.34. The van der Waals surface area contributed by atoms with Crippen molar-refractivity contribution in [2.24, 2.45) is 5.92 Å². The number of benzene rings is 1. The summed E-state index contributed by atoms with van der Waals surface area (Å²) in [7, 11) is 0. The van der Waals surface area contributed by atoms with Crippen molar-refractivity contribution in [3.63, 3.8) is 0 Å². The molecule has 7 heteroatoms. The number of nitrogens with zero attached hydrogens (tertiary/aromatic N) is 3. The van der Waals surface area contributed by atoms with E-state index in [0.717, 1.165) is 48.8 Å². The highest BCUT2D eigenvalue weighted by molar-refractivity contribution is 5.92. The second-order valence-corrected chi connectivity index (χ2v) is 11.4. The maximum Gasteiger partial charge on any atom is 0.224 e. The SMILES string of the molecule is CC(=O)N(c1ccnc(C)c1)[C@H]1CC[C@@]2(O)[C@H]3Cc4ccc(O)c5c4[C@@]2(CCN3CC2CC2)[C@H]1O5. The van der Waals surface area contributed by atoms with Gasteiger partial charge in [-0.25, -0.2) is 0 Å². The van der Waals surface area contributed by atoms with Crippen LogP contribution in [0, 0.1) is 12.8 Å². The normalized spacial score (nSPS) is 34.8. The highest BCUT2D eigenvalue weighted by atomic mass is 16.5. The first-order valence-corrected chi connectivity index (χ1v) is 13.0. The number of aliphatic hydroxyl groups is 1. The summed E-state index contributed by atoms with van der Waals surface area (Å²) >= 11 is 0. The minimum Gasteiger partial charge on any atom is -0.504 e. The van der Waals surface area contributed by atoms with Gasteiger partial charge in [0.05, 0.1) is 17.1 Å². The van der Waals surface area contributed by atoms with E-state index in [1.165, 1.54) is 18.4 Å². The van der Waals surface area contributed by atoms with Crippen LogP contribution in [0.4, 0.5) is 5.69 Å². The Labute approximate surface area is 205 Å². The summed E-state index contributed by atoms with van der Waals surface area (Å²) in [5, 5.41) is 23.5. The molecule has 1 aromatic heterocycles. The van der Waals surface area contributed by atoms with Crippen LogP contribution >= 0.6 is 0 Å². The maximum absolute atomic E-state index is 13.1. The van der Waals surface area contributed by atoms with Crippen LogP contribution in [0.2, 0.25) is 0 Å². The summed E-state index contributed by atoms with van der Waals surface area (Å²) in [6.07, 6.45) is 6.66. The molecule has 2 N–H and O–H groups in total. The molecule has 2 saturated carbocycles. The molecule has 1 saturated heterocycles. The minimum absolute atomic E-state index is 0.0286. The number of aryl methyl sites for hydroxylation is 1. The van der Waals surface area contributed by atoms with Gasteiger partial charge in [-0.15, -0.1) is 0 Å². The number of pyridine rings is 1. The lowest BCUT2D eigenvalue weighted by Gasteiger charge is -2.64. The van der Waals surface area contributed by atoms with Gasteiger partial charge in [-0.2, -0.15) is 0 Å². The summed E-state index contributed by atoms with van der Waals surface area (Å²) in [6, 6.07) is 7.35. The Hall–Kier alpha value is -2.64. The molecule has 7 rings (SSSR count). The molecule has 2 aromatic rings. The number of hydrogen-bond donors (Lipinski definition) is 2. The van der Waals surface area contributed by atoms with Crippen molar-refractivity contribution in [1.82, 2.24) is 9.88 Å². The number of rotatable bonds is 4. The molecular formula is C28H33N3O4. The van der Waals surface area contributed by atoms with E-state index < -0.39 is 17.1 Å². The van der Waals surface area contributed by atoms with Gasteiger partial charge in [-0.3, -0.25) is 14.7 Å². The van der Waals surface area contributed by atoms with Crippen LogP contribution in [0.25, 0.3) is 0 Å². The Balaban J connectivity index is 1.38. The number of hydrogen-bond acceptors (Lipinski definition) is 6. The number of aromatic hydroxyl groups is 1. The van der Waals surface area contributed by atoms with Crippen molar-refractivity contribution < 1.29 is 19.7 Å². The van der Waals surface area contributed by atoms with Gasteiger partial charge < -0.3 is 19.8 Å². The largest absolute Gasteiger partial charge is 0.504 e. The zero-order valence-electron chi connectivity index (χ0n) is 20.4. The fraction of sp³-hybridized carbons (Fsp3) is 0.571. The van der Waals surface area contributed by atoms with Gasteiger partial charge in [-0.05, 0) is 81.7 Å². The van der Waals surface area contributed by atoms with Crippen LogP contribution < -0.4 is 9.64 Å². The van der Waals surface area contributed by atoms with Crippen LogP contribution in [0.5, 0.6) is 11.5 Å². The van der Waals surface area contributed by atoms with Gasteiger partial charge in [-0.1, -0.05) is 6.07 Å². The molecule has 5 atom stereocenters. The molecule has 2 bridgehead atoms. The summed E-state index contributed by atoms with van der Waals surface area (Å²) < 4.78 is 6.66. The fourth-order valence-corrected chi connectivity index (χ4v) is 8.01. The Morgan fingerprint density at radius 1 is 1.26 bits per heavy atom. The van der Waals surface area contributed by atoms with Crippen LogP contribution in [-0.2, 0) is 16.6 Å². The van der Waals surface area contributed by atoms with Crippen LogP contribution in [-0.4, -0.2) is 62.9 Å². The van der Waals surface area contributed by atoms with E-state index in [1.54, 1.807) is 19.2 Å². The van der Waals surface area contributed by atoms with Crippen molar-refractivity contribution in [3.05, 3.63) is 47.3 Å². The smallest absolute Gasteiger partial charge is 0.224 e. The Kier molecular flexibility index (Phi) is 4.45. The highest BCUT2D eigenvalue weighted by Crippen LogP contribution is 2.66. The van der Waals surface area contributed by atoms with Gasteiger partial charge in [0.15, 0.2) is 11.5 Å². The van der Waals surface area contributed by atoms with Crippen LogP contribution in [0.1, 0.15) is 55.8 Å². The van der Waals surface area contributed by atoms with Gasteiger partial charge in [0.25, 0.3) is 0 Å². The quantitative estimate of drug-likeness (QED) is 0.707. The number of amides is 1. The van der Waals surface area contributed by atoms with Crippen LogP contribution in [0.3, 0.4) is 0 Å². The van der Waals surface area contributed by atoms with E-state index in [1.807, 2.05) is 30.0 Å². The predicted octanol–water partition coefficient (Wildman–Crippen LogP) is 3.08. The molecule has 1 amide bonds. The summed E-state index contributed by atoms with van der Waals surface area (Å²) in [4.78, 5) is 21.8. The molecule has 7 nitrogen and oxygen atoms in total. The van der Waals surface area contributed by atoms with Crippen molar-refractivity contribution >= 4 is 11.6 Å². The third-order valence-corrected chi connectivity index (χ3v) is 9.56. The number of phenolic OH excluding ortho intramolecular Hbond substituents is 1. The van der Waals surface area contributed by atoms with E-state index in [2.05, 4.69) is 9.88 Å². The lowest BCUT2D eigenvalue weighted by atomic mass is 9.48. The zero-order valence-corrected chi connectivity index (χ0v) is 20.4. The first kappa shape index (κ1) is 21.6. The number of phenols is 1. The topological polar surface area (TPSA) is 86.1 Å². The highest BCUT2D eigenvalue weighted by Gasteiger charge is 2.73. The molecule has 1 aromatic carbocycles. The Morgan fingerprint density at radius 2 is 2.09 bits per heavy atom. The lowest BCUT2D eigenvalue weighted by molar-refractivity contribution is -0.190. The second-order valence-electron chi connectivity index (χ2n) is 11.4. The standard InChI is InChI=1S/C28H33N3O4/c1-16-13-20(8-11-29-16)31(17(2)32)21-7-9-28(34)23-14-19-5-6-22(33)25-24(19)27(28,26(21)35-25)10-12-30(23)15-18-3-4-18/h5-6,8,11,13,18,21,23,26,33-34H,3-4,7,9-10,12,14-15H2,1-2H3/t21-,23+,26-,27-,28+/m0/s1. The molecule has 3 aliphatic carbocycles. The van der Waals surface area contributed by atoms with E-state index >= 15 is 0 Å². The molecule has 184 valence electrons. The van der Waals surface area contributed by atoms with Crippen molar-refractivity contribution in [2.45, 2.75) is 81.6 Å². The maximum atomic E-state index is 13.1. The molecule has 1 spiro atoms. The first-order valence-electron chi connectivity index (χ1n) is 13.0. The number of anilines is 1. The third kappa shape index (κ3) is 2.79. The third-order valence-electron chi connectivity index (χ3n) is 9.56. The number of carbonyl (C=O) groups excluding carboxylic acids is 1. The fourth-order valence-electron chi connectivity index (χ4n) is 8.01. The number of likely N-dealkylation sites (tertiary alicyclic amines) is 1. The van der Waals surface area contributed by atoms with Gasteiger partial charge >= 0.3 is 0 Å². The van der Waals surface area contributed by atoms with E-state index in [0.29, 0.717) is 18.6 Å². The van der Waals surface area contributed by atoms with Crippen LogP contribution in [0.15, 0.2) is 30.5 Å². The number of carbonyl (C=O) groups is 1.